The number of piperidine rings is 1. The van der Waals surface area contributed by atoms with Gasteiger partial charge in [-0.25, -0.2) is 0 Å². The molecule has 1 atom stereocenters. The number of amides is 1. The molecule has 1 unspecified atom stereocenters. The van der Waals surface area contributed by atoms with Gasteiger partial charge in [0.2, 0.25) is 5.91 Å². The van der Waals surface area contributed by atoms with Crippen LogP contribution in [-0.4, -0.2) is 35.0 Å². The fourth-order valence-electron chi connectivity index (χ4n) is 4.24. The highest BCUT2D eigenvalue weighted by molar-refractivity contribution is 9.10. The van der Waals surface area contributed by atoms with Crippen LogP contribution >= 0.6 is 15.9 Å². The fourth-order valence-corrected chi connectivity index (χ4v) is 4.64. The molecule has 1 aromatic rings. The number of nitrogens with zero attached hydrogens (tertiary/aromatic N) is 1. The van der Waals surface area contributed by atoms with Crippen molar-refractivity contribution in [1.82, 2.24) is 4.90 Å². The molecule has 2 saturated carbocycles. The van der Waals surface area contributed by atoms with Crippen molar-refractivity contribution in [2.45, 2.75) is 37.5 Å². The van der Waals surface area contributed by atoms with E-state index in [2.05, 4.69) is 22.0 Å². The van der Waals surface area contributed by atoms with E-state index in [1.165, 1.54) is 0 Å². The van der Waals surface area contributed by atoms with Gasteiger partial charge in [0.25, 0.3) is 0 Å². The van der Waals surface area contributed by atoms with E-state index in [4.69, 9.17) is 0 Å². The normalized spacial score (nSPS) is 26.8. The van der Waals surface area contributed by atoms with Gasteiger partial charge in [-0.3, -0.25) is 9.59 Å². The van der Waals surface area contributed by atoms with E-state index < -0.39 is 5.97 Å². The number of aliphatic carboxylic acids is 1. The Bertz CT molecular complexity index is 675. The Morgan fingerprint density at radius 3 is 2.39 bits per heavy atom. The number of likely N-dealkylation sites (tertiary alicyclic amines) is 1. The number of carbonyl (C=O) groups excluding carboxylic acids is 1. The Labute approximate surface area is 144 Å². The molecule has 0 aromatic heterocycles. The molecule has 3 aliphatic rings. The maximum absolute atomic E-state index is 13.0. The summed E-state index contributed by atoms with van der Waals surface area (Å²) in [6.07, 6.45) is 4.30. The molecule has 0 radical (unpaired) electrons. The summed E-state index contributed by atoms with van der Waals surface area (Å²) in [4.78, 5) is 26.2. The van der Waals surface area contributed by atoms with Gasteiger partial charge in [0, 0.05) is 17.6 Å². The molecule has 0 bridgehead atoms. The molecule has 122 valence electrons. The summed E-state index contributed by atoms with van der Waals surface area (Å²) in [6, 6.07) is 8.06. The zero-order valence-electron chi connectivity index (χ0n) is 12.9. The molecule has 1 aliphatic heterocycles. The third-order valence-electron chi connectivity index (χ3n) is 6.07. The predicted octanol–water partition coefficient (Wildman–Crippen LogP) is 3.19. The predicted molar refractivity (Wildman–Crippen MR) is 89.0 cm³/mol. The first-order chi connectivity index (χ1) is 11.0. The van der Waals surface area contributed by atoms with Crippen molar-refractivity contribution >= 4 is 27.8 Å². The van der Waals surface area contributed by atoms with Gasteiger partial charge in [-0.05, 0) is 55.2 Å². The number of rotatable bonds is 3. The average Bonchev–Trinajstić information content (AvgIpc) is 3.43. The molecule has 4 nitrogen and oxygen atoms in total. The highest BCUT2D eigenvalue weighted by Gasteiger charge is 2.60. The minimum absolute atomic E-state index is 0.0187. The summed E-state index contributed by atoms with van der Waals surface area (Å²) in [5, 5.41) is 9.17. The monoisotopic (exact) mass is 377 g/mol. The van der Waals surface area contributed by atoms with Crippen LogP contribution in [0.25, 0.3) is 0 Å². The van der Waals surface area contributed by atoms with E-state index in [9.17, 15) is 14.7 Å². The first kappa shape index (κ1) is 15.2. The standard InChI is InChI=1S/C18H20BrNO3/c19-13-3-1-2-12(10-13)18(4-5-18)16(23)20-8-6-17(7-9-20)11-14(17)15(21)22/h1-3,10,14H,4-9,11H2,(H,21,22). The number of carboxylic acid groups (broad SMARTS) is 1. The van der Waals surface area contributed by atoms with Crippen molar-refractivity contribution in [1.29, 1.82) is 0 Å². The SMILES string of the molecule is O=C(O)C1CC12CCN(C(=O)C1(c3cccc(Br)c3)CC1)CC2. The maximum atomic E-state index is 13.0. The Kier molecular flexibility index (Phi) is 3.34. The van der Waals surface area contributed by atoms with Gasteiger partial charge in [0.15, 0.2) is 0 Å². The molecule has 1 saturated heterocycles. The molecule has 1 heterocycles. The average molecular weight is 378 g/mol. The highest BCUT2D eigenvalue weighted by atomic mass is 79.9. The topological polar surface area (TPSA) is 57.6 Å². The molecule has 2 aliphatic carbocycles. The molecule has 4 rings (SSSR count). The molecule has 3 fully saturated rings. The zero-order chi connectivity index (χ0) is 16.2. The van der Waals surface area contributed by atoms with Crippen LogP contribution in [0.5, 0.6) is 0 Å². The number of carboxylic acids is 1. The smallest absolute Gasteiger partial charge is 0.307 e. The lowest BCUT2D eigenvalue weighted by Crippen LogP contribution is -2.45. The summed E-state index contributed by atoms with van der Waals surface area (Å²) >= 11 is 3.49. The molecule has 1 N–H and O–H groups in total. The number of halogens is 1. The molecule has 1 amide bonds. The lowest BCUT2D eigenvalue weighted by atomic mass is 9.88. The Morgan fingerprint density at radius 2 is 1.87 bits per heavy atom. The van der Waals surface area contributed by atoms with Gasteiger partial charge in [0.1, 0.15) is 0 Å². The van der Waals surface area contributed by atoms with Crippen LogP contribution in [0.15, 0.2) is 28.7 Å². The van der Waals surface area contributed by atoms with E-state index in [0.29, 0.717) is 13.1 Å². The third-order valence-corrected chi connectivity index (χ3v) is 6.56. The first-order valence-electron chi connectivity index (χ1n) is 8.25. The largest absolute Gasteiger partial charge is 0.481 e. The molecular formula is C18H20BrNO3. The van der Waals surface area contributed by atoms with E-state index in [1.54, 1.807) is 0 Å². The molecule has 23 heavy (non-hydrogen) atoms. The number of hydrogen-bond donors (Lipinski definition) is 1. The van der Waals surface area contributed by atoms with E-state index in [1.807, 2.05) is 23.1 Å². The van der Waals surface area contributed by atoms with Crippen molar-refractivity contribution in [3.05, 3.63) is 34.3 Å². The van der Waals surface area contributed by atoms with Crippen LogP contribution in [0.2, 0.25) is 0 Å². The lowest BCUT2D eigenvalue weighted by molar-refractivity contribution is -0.140. The van der Waals surface area contributed by atoms with E-state index >= 15 is 0 Å². The second-order valence-corrected chi connectivity index (χ2v) is 8.26. The number of hydrogen-bond acceptors (Lipinski definition) is 2. The van der Waals surface area contributed by atoms with Gasteiger partial charge in [-0.2, -0.15) is 0 Å². The second-order valence-electron chi connectivity index (χ2n) is 7.34. The summed E-state index contributed by atoms with van der Waals surface area (Å²) in [7, 11) is 0. The van der Waals surface area contributed by atoms with Crippen molar-refractivity contribution in [2.24, 2.45) is 11.3 Å². The van der Waals surface area contributed by atoms with Crippen molar-refractivity contribution in [3.63, 3.8) is 0 Å². The van der Waals surface area contributed by atoms with Crippen LogP contribution < -0.4 is 0 Å². The third kappa shape index (κ3) is 2.40. The summed E-state index contributed by atoms with van der Waals surface area (Å²) in [5.74, 6) is -0.615. The summed E-state index contributed by atoms with van der Waals surface area (Å²) in [5.41, 5.74) is 0.756. The number of carbonyl (C=O) groups is 2. The summed E-state index contributed by atoms with van der Waals surface area (Å²) in [6.45, 7) is 1.41. The van der Waals surface area contributed by atoms with Crippen molar-refractivity contribution in [2.75, 3.05) is 13.1 Å². The zero-order valence-corrected chi connectivity index (χ0v) is 14.5. The van der Waals surface area contributed by atoms with E-state index in [-0.39, 0.29) is 22.7 Å². The molecule has 1 aromatic carbocycles. The van der Waals surface area contributed by atoms with Crippen LogP contribution in [-0.2, 0) is 15.0 Å². The Morgan fingerprint density at radius 1 is 1.17 bits per heavy atom. The minimum Gasteiger partial charge on any atom is -0.481 e. The first-order valence-corrected chi connectivity index (χ1v) is 9.04. The molecule has 5 heteroatoms. The Balaban J connectivity index is 1.46. The van der Waals surface area contributed by atoms with Gasteiger partial charge >= 0.3 is 5.97 Å². The van der Waals surface area contributed by atoms with Gasteiger partial charge < -0.3 is 10.0 Å². The highest BCUT2D eigenvalue weighted by Crippen LogP contribution is 2.60. The lowest BCUT2D eigenvalue weighted by Gasteiger charge is -2.35. The van der Waals surface area contributed by atoms with Gasteiger partial charge in [0.05, 0.1) is 11.3 Å². The van der Waals surface area contributed by atoms with Crippen molar-refractivity contribution in [3.8, 4) is 0 Å². The maximum Gasteiger partial charge on any atom is 0.307 e. The van der Waals surface area contributed by atoms with Gasteiger partial charge in [-0.1, -0.05) is 28.1 Å². The molecule has 1 spiro atoms. The van der Waals surface area contributed by atoms with Gasteiger partial charge in [-0.15, -0.1) is 0 Å². The van der Waals surface area contributed by atoms with Crippen molar-refractivity contribution < 1.29 is 14.7 Å². The van der Waals surface area contributed by atoms with Crippen LogP contribution in [0.1, 0.15) is 37.7 Å². The van der Waals surface area contributed by atoms with E-state index in [0.717, 1.165) is 42.1 Å². The van der Waals surface area contributed by atoms with Crippen LogP contribution in [0.3, 0.4) is 0 Å². The Hall–Kier alpha value is -1.36. The second kappa shape index (κ2) is 5.07. The van der Waals surface area contributed by atoms with Crippen LogP contribution in [0.4, 0.5) is 0 Å². The quantitative estimate of drug-likeness (QED) is 0.879. The molecular weight excluding hydrogens is 358 g/mol. The summed E-state index contributed by atoms with van der Waals surface area (Å²) < 4.78 is 1.01. The minimum atomic E-state index is -0.669. The fraction of sp³-hybridized carbons (Fsp3) is 0.556. The number of benzene rings is 1. The van der Waals surface area contributed by atoms with Crippen LogP contribution in [0, 0.1) is 11.3 Å².